The predicted octanol–water partition coefficient (Wildman–Crippen LogP) is 4.20. The summed E-state index contributed by atoms with van der Waals surface area (Å²) in [6.45, 7) is 12.7. The first-order valence-electron chi connectivity index (χ1n) is 8.72. The third-order valence-electron chi connectivity index (χ3n) is 5.20. The van der Waals surface area contributed by atoms with Gasteiger partial charge in [-0.15, -0.1) is 0 Å². The summed E-state index contributed by atoms with van der Waals surface area (Å²) in [6.07, 6.45) is 5.22. The molecule has 0 radical (unpaired) electrons. The van der Waals surface area contributed by atoms with Crippen molar-refractivity contribution in [3.63, 3.8) is 0 Å². The van der Waals surface area contributed by atoms with E-state index in [0.717, 1.165) is 19.6 Å². The molecule has 1 heterocycles. The zero-order chi connectivity index (χ0) is 15.1. The monoisotopic (exact) mass is 288 g/mol. The van der Waals surface area contributed by atoms with Crippen LogP contribution in [-0.4, -0.2) is 24.5 Å². The number of nitrogens with one attached hydrogen (secondary N) is 1. The van der Waals surface area contributed by atoms with Crippen molar-refractivity contribution in [2.24, 2.45) is 5.41 Å². The Hall–Kier alpha value is -0.860. The van der Waals surface area contributed by atoms with Gasteiger partial charge in [0.2, 0.25) is 0 Å². The van der Waals surface area contributed by atoms with Crippen molar-refractivity contribution >= 4 is 0 Å². The molecule has 2 heteroatoms. The van der Waals surface area contributed by atoms with Gasteiger partial charge in [-0.3, -0.25) is 4.90 Å². The third kappa shape index (κ3) is 4.55. The topological polar surface area (TPSA) is 15.3 Å². The highest BCUT2D eigenvalue weighted by atomic mass is 15.2. The zero-order valence-electron chi connectivity index (χ0n) is 14.1. The molecule has 2 rings (SSSR count). The van der Waals surface area contributed by atoms with Crippen molar-refractivity contribution in [2.75, 3.05) is 19.6 Å². The molecule has 1 aliphatic heterocycles. The molecule has 0 saturated carbocycles. The van der Waals surface area contributed by atoms with Gasteiger partial charge >= 0.3 is 0 Å². The molecular formula is C19H32N2. The minimum atomic E-state index is 0.587. The summed E-state index contributed by atoms with van der Waals surface area (Å²) in [5, 5.41) is 3.46. The highest BCUT2D eigenvalue weighted by molar-refractivity contribution is 5.22. The third-order valence-corrected chi connectivity index (χ3v) is 5.20. The van der Waals surface area contributed by atoms with Gasteiger partial charge in [-0.1, -0.05) is 45.0 Å². The van der Waals surface area contributed by atoms with Crippen LogP contribution in [0.3, 0.4) is 0 Å². The number of hydrogen-bond donors (Lipinski definition) is 1. The van der Waals surface area contributed by atoms with Crippen LogP contribution in [0.5, 0.6) is 0 Å². The first kappa shape index (κ1) is 16.5. The SMILES string of the molecule is CCCNCc1ccc(CN2CCC(CC)(CC)C2)cc1. The minimum absolute atomic E-state index is 0.587. The number of rotatable bonds is 8. The van der Waals surface area contributed by atoms with Gasteiger partial charge in [0.25, 0.3) is 0 Å². The Balaban J connectivity index is 1.84. The van der Waals surface area contributed by atoms with Crippen molar-refractivity contribution in [1.82, 2.24) is 10.2 Å². The minimum Gasteiger partial charge on any atom is -0.313 e. The molecule has 1 aromatic rings. The van der Waals surface area contributed by atoms with E-state index in [-0.39, 0.29) is 0 Å². The second-order valence-electron chi connectivity index (χ2n) is 6.66. The lowest BCUT2D eigenvalue weighted by molar-refractivity contribution is 0.236. The maximum absolute atomic E-state index is 3.46. The molecule has 21 heavy (non-hydrogen) atoms. The summed E-state index contributed by atoms with van der Waals surface area (Å²) >= 11 is 0. The van der Waals surface area contributed by atoms with Crippen molar-refractivity contribution < 1.29 is 0 Å². The van der Waals surface area contributed by atoms with Gasteiger partial charge in [-0.05, 0) is 55.3 Å². The molecule has 0 aliphatic carbocycles. The Kier molecular flexibility index (Phi) is 6.25. The molecule has 1 N–H and O–H groups in total. The van der Waals surface area contributed by atoms with Crippen LogP contribution < -0.4 is 5.32 Å². The average molecular weight is 288 g/mol. The maximum atomic E-state index is 3.46. The van der Waals surface area contributed by atoms with E-state index in [0.29, 0.717) is 5.41 Å². The molecule has 0 unspecified atom stereocenters. The molecule has 1 aromatic carbocycles. The quantitative estimate of drug-likeness (QED) is 0.721. The van der Waals surface area contributed by atoms with Crippen molar-refractivity contribution in [2.45, 2.75) is 59.5 Å². The van der Waals surface area contributed by atoms with E-state index in [4.69, 9.17) is 0 Å². The van der Waals surface area contributed by atoms with E-state index in [2.05, 4.69) is 55.3 Å². The van der Waals surface area contributed by atoms with Crippen molar-refractivity contribution in [3.05, 3.63) is 35.4 Å². The van der Waals surface area contributed by atoms with Crippen LogP contribution in [0.1, 0.15) is 57.6 Å². The first-order valence-corrected chi connectivity index (χ1v) is 8.72. The second-order valence-corrected chi connectivity index (χ2v) is 6.66. The van der Waals surface area contributed by atoms with Crippen LogP contribution in [0.2, 0.25) is 0 Å². The fourth-order valence-corrected chi connectivity index (χ4v) is 3.42. The van der Waals surface area contributed by atoms with Crippen LogP contribution in [0, 0.1) is 5.41 Å². The fraction of sp³-hybridized carbons (Fsp3) is 0.684. The molecule has 0 bridgehead atoms. The van der Waals surface area contributed by atoms with Crippen molar-refractivity contribution in [1.29, 1.82) is 0 Å². The Labute approximate surface area is 130 Å². The van der Waals surface area contributed by atoms with E-state index in [1.807, 2.05) is 0 Å². The fourth-order valence-electron chi connectivity index (χ4n) is 3.42. The van der Waals surface area contributed by atoms with E-state index < -0.39 is 0 Å². The van der Waals surface area contributed by atoms with Crippen molar-refractivity contribution in [3.8, 4) is 0 Å². The molecule has 2 nitrogen and oxygen atoms in total. The van der Waals surface area contributed by atoms with Crippen LogP contribution >= 0.6 is 0 Å². The highest BCUT2D eigenvalue weighted by Crippen LogP contribution is 2.37. The molecule has 0 amide bonds. The zero-order valence-corrected chi connectivity index (χ0v) is 14.1. The van der Waals surface area contributed by atoms with Gasteiger partial charge < -0.3 is 5.32 Å². The van der Waals surface area contributed by atoms with Gasteiger partial charge in [0, 0.05) is 19.6 Å². The molecular weight excluding hydrogens is 256 g/mol. The van der Waals surface area contributed by atoms with Gasteiger partial charge in [-0.2, -0.15) is 0 Å². The van der Waals surface area contributed by atoms with Gasteiger partial charge in [0.15, 0.2) is 0 Å². The molecule has 0 aromatic heterocycles. The van der Waals surface area contributed by atoms with E-state index in [1.165, 1.54) is 49.9 Å². The summed E-state index contributed by atoms with van der Waals surface area (Å²) < 4.78 is 0. The van der Waals surface area contributed by atoms with Gasteiger partial charge in [0.05, 0.1) is 0 Å². The molecule has 1 fully saturated rings. The van der Waals surface area contributed by atoms with Crippen LogP contribution in [0.25, 0.3) is 0 Å². The Morgan fingerprint density at radius 1 is 1.05 bits per heavy atom. The van der Waals surface area contributed by atoms with Crippen LogP contribution in [-0.2, 0) is 13.1 Å². The first-order chi connectivity index (χ1) is 10.2. The van der Waals surface area contributed by atoms with Gasteiger partial charge in [-0.25, -0.2) is 0 Å². The lowest BCUT2D eigenvalue weighted by Crippen LogP contribution is -2.26. The molecule has 0 spiro atoms. The van der Waals surface area contributed by atoms with Crippen LogP contribution in [0.15, 0.2) is 24.3 Å². The Bertz CT molecular complexity index is 406. The smallest absolute Gasteiger partial charge is 0.0233 e. The van der Waals surface area contributed by atoms with E-state index in [9.17, 15) is 0 Å². The Morgan fingerprint density at radius 2 is 1.71 bits per heavy atom. The molecule has 1 aliphatic rings. The average Bonchev–Trinajstić information content (AvgIpc) is 2.93. The number of likely N-dealkylation sites (tertiary alicyclic amines) is 1. The normalized spacial score (nSPS) is 18.2. The molecule has 118 valence electrons. The van der Waals surface area contributed by atoms with E-state index in [1.54, 1.807) is 0 Å². The van der Waals surface area contributed by atoms with Crippen LogP contribution in [0.4, 0.5) is 0 Å². The lowest BCUT2D eigenvalue weighted by Gasteiger charge is -2.26. The van der Waals surface area contributed by atoms with E-state index >= 15 is 0 Å². The second kappa shape index (κ2) is 7.95. The molecule has 1 saturated heterocycles. The summed E-state index contributed by atoms with van der Waals surface area (Å²) in [6, 6.07) is 9.17. The number of nitrogens with zero attached hydrogens (tertiary/aromatic N) is 1. The number of hydrogen-bond acceptors (Lipinski definition) is 2. The predicted molar refractivity (Wildman–Crippen MR) is 91.3 cm³/mol. The number of benzene rings is 1. The summed E-state index contributed by atoms with van der Waals surface area (Å²) in [7, 11) is 0. The Morgan fingerprint density at radius 3 is 2.29 bits per heavy atom. The molecule has 0 atom stereocenters. The standard InChI is InChI=1S/C19H32N2/c1-4-12-20-14-17-7-9-18(10-8-17)15-21-13-11-19(5-2,6-3)16-21/h7-10,20H,4-6,11-16H2,1-3H3. The summed E-state index contributed by atoms with van der Waals surface area (Å²) in [5.74, 6) is 0. The largest absolute Gasteiger partial charge is 0.313 e. The maximum Gasteiger partial charge on any atom is 0.0233 e. The highest BCUT2D eigenvalue weighted by Gasteiger charge is 2.34. The summed E-state index contributed by atoms with van der Waals surface area (Å²) in [4.78, 5) is 2.64. The summed E-state index contributed by atoms with van der Waals surface area (Å²) in [5.41, 5.74) is 3.44. The lowest BCUT2D eigenvalue weighted by atomic mass is 9.82. The van der Waals surface area contributed by atoms with Gasteiger partial charge in [0.1, 0.15) is 0 Å².